The van der Waals surface area contributed by atoms with E-state index < -0.39 is 0 Å². The Kier molecular flexibility index (Phi) is 2.81. The maximum absolute atomic E-state index is 6.35. The van der Waals surface area contributed by atoms with E-state index in [1.54, 1.807) is 0 Å². The third kappa shape index (κ3) is 2.06. The Morgan fingerprint density at radius 1 is 1.47 bits per heavy atom. The molecule has 2 heteroatoms. The molecule has 0 amide bonds. The average Bonchev–Trinajstić information content (AvgIpc) is 2.98. The van der Waals surface area contributed by atoms with Crippen molar-refractivity contribution in [3.63, 3.8) is 0 Å². The van der Waals surface area contributed by atoms with E-state index in [4.69, 9.17) is 5.73 Å². The molecule has 1 aromatic carbocycles. The van der Waals surface area contributed by atoms with Crippen LogP contribution in [0.3, 0.4) is 0 Å². The minimum Gasteiger partial charge on any atom is -0.323 e. The van der Waals surface area contributed by atoms with Gasteiger partial charge >= 0.3 is 0 Å². The van der Waals surface area contributed by atoms with Crippen molar-refractivity contribution in [3.8, 4) is 0 Å². The number of rotatable bonds is 4. The summed E-state index contributed by atoms with van der Waals surface area (Å²) in [5, 5.41) is 3.26. The lowest BCUT2D eigenvalue weighted by Crippen LogP contribution is -2.31. The normalized spacial score (nSPS) is 19.9. The molecular formula is C13H20N2. The van der Waals surface area contributed by atoms with Crippen molar-refractivity contribution in [2.24, 2.45) is 11.1 Å². The van der Waals surface area contributed by atoms with Gasteiger partial charge in [-0.2, -0.15) is 0 Å². The average molecular weight is 204 g/mol. The molecule has 2 rings (SSSR count). The highest BCUT2D eigenvalue weighted by molar-refractivity contribution is 5.28. The molecular weight excluding hydrogens is 184 g/mol. The number of benzene rings is 1. The number of nitrogens with two attached hydrogens (primary N) is 1. The van der Waals surface area contributed by atoms with E-state index in [0.717, 1.165) is 6.54 Å². The molecule has 1 atom stereocenters. The van der Waals surface area contributed by atoms with Gasteiger partial charge in [0.2, 0.25) is 0 Å². The molecule has 0 heterocycles. The first-order valence-corrected chi connectivity index (χ1v) is 5.65. The van der Waals surface area contributed by atoms with E-state index in [-0.39, 0.29) is 6.04 Å². The van der Waals surface area contributed by atoms with E-state index in [0.29, 0.717) is 5.41 Å². The monoisotopic (exact) mass is 204 g/mol. The van der Waals surface area contributed by atoms with Crippen LogP contribution in [-0.2, 0) is 0 Å². The molecule has 1 unspecified atom stereocenters. The Labute approximate surface area is 91.9 Å². The highest BCUT2D eigenvalue weighted by atomic mass is 14.9. The van der Waals surface area contributed by atoms with Gasteiger partial charge in [-0.25, -0.2) is 0 Å². The summed E-state index contributed by atoms with van der Waals surface area (Å²) in [7, 11) is 2.00. The largest absolute Gasteiger partial charge is 0.323 e. The van der Waals surface area contributed by atoms with Crippen molar-refractivity contribution >= 4 is 0 Å². The fraction of sp³-hybridized carbons (Fsp3) is 0.538. The molecule has 1 aliphatic carbocycles. The summed E-state index contributed by atoms with van der Waals surface area (Å²) in [4.78, 5) is 0. The van der Waals surface area contributed by atoms with Gasteiger partial charge < -0.3 is 11.1 Å². The van der Waals surface area contributed by atoms with Crippen LogP contribution in [0, 0.1) is 12.3 Å². The van der Waals surface area contributed by atoms with E-state index in [2.05, 4.69) is 36.5 Å². The van der Waals surface area contributed by atoms with Gasteiger partial charge in [-0.05, 0) is 32.4 Å². The lowest BCUT2D eigenvalue weighted by atomic mass is 9.90. The molecule has 0 aliphatic heterocycles. The standard InChI is InChI=1S/C13H20N2/c1-10-4-3-5-11(8-10)12(14)13(6-7-13)9-15-2/h3-5,8,12,15H,6-7,9,14H2,1-2H3. The number of hydrogen-bond donors (Lipinski definition) is 2. The second-order valence-electron chi connectivity index (χ2n) is 4.78. The van der Waals surface area contributed by atoms with Crippen LogP contribution in [0.15, 0.2) is 24.3 Å². The zero-order valence-electron chi connectivity index (χ0n) is 9.59. The SMILES string of the molecule is CNCC1(C(N)c2cccc(C)c2)CC1. The Balaban J connectivity index is 2.17. The van der Waals surface area contributed by atoms with Gasteiger partial charge in [0.1, 0.15) is 0 Å². The summed E-state index contributed by atoms with van der Waals surface area (Å²) in [6.07, 6.45) is 2.51. The van der Waals surface area contributed by atoms with Crippen LogP contribution in [-0.4, -0.2) is 13.6 Å². The third-order valence-electron chi connectivity index (χ3n) is 3.48. The van der Waals surface area contributed by atoms with Crippen LogP contribution in [0.5, 0.6) is 0 Å². The van der Waals surface area contributed by atoms with E-state index in [9.17, 15) is 0 Å². The Bertz CT molecular complexity index is 342. The lowest BCUT2D eigenvalue weighted by molar-refractivity contribution is 0.392. The molecule has 1 saturated carbocycles. The first-order valence-electron chi connectivity index (χ1n) is 5.65. The summed E-state index contributed by atoms with van der Waals surface area (Å²) in [6, 6.07) is 8.76. The number of hydrogen-bond acceptors (Lipinski definition) is 2. The smallest absolute Gasteiger partial charge is 0.0364 e. The Hall–Kier alpha value is -0.860. The number of aryl methyl sites for hydroxylation is 1. The van der Waals surface area contributed by atoms with Crippen molar-refractivity contribution in [2.75, 3.05) is 13.6 Å². The fourth-order valence-corrected chi connectivity index (χ4v) is 2.33. The third-order valence-corrected chi connectivity index (χ3v) is 3.48. The van der Waals surface area contributed by atoms with Crippen LogP contribution < -0.4 is 11.1 Å². The molecule has 82 valence electrons. The van der Waals surface area contributed by atoms with Crippen LogP contribution in [0.2, 0.25) is 0 Å². The van der Waals surface area contributed by atoms with Gasteiger partial charge in [-0.3, -0.25) is 0 Å². The predicted octanol–water partition coefficient (Wildman–Crippen LogP) is 1.99. The van der Waals surface area contributed by atoms with Gasteiger partial charge in [0.25, 0.3) is 0 Å². The van der Waals surface area contributed by atoms with E-state index >= 15 is 0 Å². The van der Waals surface area contributed by atoms with E-state index in [1.165, 1.54) is 24.0 Å². The Morgan fingerprint density at radius 3 is 2.73 bits per heavy atom. The summed E-state index contributed by atoms with van der Waals surface area (Å²) in [6.45, 7) is 3.15. The zero-order chi connectivity index (χ0) is 10.9. The second-order valence-corrected chi connectivity index (χ2v) is 4.78. The molecule has 0 radical (unpaired) electrons. The van der Waals surface area contributed by atoms with Crippen molar-refractivity contribution < 1.29 is 0 Å². The van der Waals surface area contributed by atoms with Crippen LogP contribution in [0.4, 0.5) is 0 Å². The zero-order valence-corrected chi connectivity index (χ0v) is 9.59. The first-order chi connectivity index (χ1) is 7.18. The lowest BCUT2D eigenvalue weighted by Gasteiger charge is -2.23. The van der Waals surface area contributed by atoms with Crippen LogP contribution in [0.25, 0.3) is 0 Å². The van der Waals surface area contributed by atoms with E-state index in [1.807, 2.05) is 7.05 Å². The van der Waals surface area contributed by atoms with Crippen molar-refractivity contribution in [1.82, 2.24) is 5.32 Å². The molecule has 1 aromatic rings. The molecule has 1 aliphatic rings. The molecule has 3 N–H and O–H groups in total. The van der Waals surface area contributed by atoms with Crippen molar-refractivity contribution in [3.05, 3.63) is 35.4 Å². The summed E-state index contributed by atoms with van der Waals surface area (Å²) < 4.78 is 0. The molecule has 0 saturated heterocycles. The molecule has 2 nitrogen and oxygen atoms in total. The van der Waals surface area contributed by atoms with Gasteiger partial charge in [0.05, 0.1) is 0 Å². The van der Waals surface area contributed by atoms with Crippen molar-refractivity contribution in [1.29, 1.82) is 0 Å². The summed E-state index contributed by atoms with van der Waals surface area (Å²) >= 11 is 0. The summed E-state index contributed by atoms with van der Waals surface area (Å²) in [5.41, 5.74) is 9.25. The quantitative estimate of drug-likeness (QED) is 0.787. The van der Waals surface area contributed by atoms with Crippen LogP contribution in [0.1, 0.15) is 30.0 Å². The second kappa shape index (κ2) is 3.95. The number of nitrogens with one attached hydrogen (secondary N) is 1. The minimum atomic E-state index is 0.185. The van der Waals surface area contributed by atoms with Gasteiger partial charge in [0, 0.05) is 18.0 Å². The maximum Gasteiger partial charge on any atom is 0.0364 e. The molecule has 15 heavy (non-hydrogen) atoms. The topological polar surface area (TPSA) is 38.0 Å². The Morgan fingerprint density at radius 2 is 2.20 bits per heavy atom. The van der Waals surface area contributed by atoms with Gasteiger partial charge in [0.15, 0.2) is 0 Å². The molecule has 0 bridgehead atoms. The van der Waals surface area contributed by atoms with Gasteiger partial charge in [-0.1, -0.05) is 29.8 Å². The van der Waals surface area contributed by atoms with Crippen molar-refractivity contribution in [2.45, 2.75) is 25.8 Å². The molecule has 1 fully saturated rings. The maximum atomic E-state index is 6.35. The minimum absolute atomic E-state index is 0.185. The van der Waals surface area contributed by atoms with Crippen LogP contribution >= 0.6 is 0 Å². The van der Waals surface area contributed by atoms with Gasteiger partial charge in [-0.15, -0.1) is 0 Å². The fourth-order valence-electron chi connectivity index (χ4n) is 2.33. The highest BCUT2D eigenvalue weighted by Crippen LogP contribution is 2.53. The molecule has 0 spiro atoms. The first kappa shape index (κ1) is 10.7. The summed E-state index contributed by atoms with van der Waals surface area (Å²) in [5.74, 6) is 0. The predicted molar refractivity (Wildman–Crippen MR) is 63.7 cm³/mol. The molecule has 0 aromatic heterocycles. The highest BCUT2D eigenvalue weighted by Gasteiger charge is 2.47.